The Bertz CT molecular complexity index is 347. The molecule has 0 aromatic heterocycles. The van der Waals surface area contributed by atoms with Gasteiger partial charge in [0, 0.05) is 38.7 Å². The number of aliphatic carboxylic acids is 1. The van der Waals surface area contributed by atoms with Crippen LogP contribution in [0.15, 0.2) is 0 Å². The van der Waals surface area contributed by atoms with Crippen LogP contribution in [0, 0.1) is 11.8 Å². The lowest BCUT2D eigenvalue weighted by molar-refractivity contribution is -0.137. The van der Waals surface area contributed by atoms with Gasteiger partial charge in [-0.2, -0.15) is 0 Å². The van der Waals surface area contributed by atoms with Gasteiger partial charge in [-0.05, 0) is 18.8 Å². The maximum absolute atomic E-state index is 11.9. The highest BCUT2D eigenvalue weighted by molar-refractivity contribution is 5.76. The number of amides is 1. The highest BCUT2D eigenvalue weighted by Crippen LogP contribution is 2.24. The van der Waals surface area contributed by atoms with Crippen LogP contribution in [0.5, 0.6) is 0 Å². The molecule has 0 saturated carbocycles. The number of nitrogens with one attached hydrogen (secondary N) is 1. The van der Waals surface area contributed by atoms with Crippen LogP contribution in [-0.4, -0.2) is 60.8 Å². The fraction of sp³-hybridized carbons (Fsp3) is 0.867. The summed E-state index contributed by atoms with van der Waals surface area (Å²) in [5.74, 6) is 0.0614. The Kier molecular flexibility index (Phi) is 7.67. The third kappa shape index (κ3) is 6.44. The van der Waals surface area contributed by atoms with Gasteiger partial charge in [0.1, 0.15) is 0 Å². The van der Waals surface area contributed by atoms with Crippen LogP contribution in [0.25, 0.3) is 0 Å². The number of likely N-dealkylation sites (tertiary alicyclic amines) is 1. The molecule has 6 nitrogen and oxygen atoms in total. The smallest absolute Gasteiger partial charge is 0.304 e. The average Bonchev–Trinajstić information content (AvgIpc) is 2.80. The minimum atomic E-state index is -0.778. The van der Waals surface area contributed by atoms with E-state index >= 15 is 0 Å². The minimum absolute atomic E-state index is 0.0131. The van der Waals surface area contributed by atoms with E-state index < -0.39 is 5.97 Å². The first kappa shape index (κ1) is 17.9. The molecule has 1 heterocycles. The van der Waals surface area contributed by atoms with E-state index in [2.05, 4.69) is 24.1 Å². The van der Waals surface area contributed by atoms with Gasteiger partial charge in [-0.25, -0.2) is 0 Å². The summed E-state index contributed by atoms with van der Waals surface area (Å²) in [5.41, 5.74) is 0. The zero-order valence-electron chi connectivity index (χ0n) is 13.3. The van der Waals surface area contributed by atoms with Gasteiger partial charge >= 0.3 is 5.97 Å². The predicted octanol–water partition coefficient (Wildman–Crippen LogP) is 0.960. The fourth-order valence-electron chi connectivity index (χ4n) is 2.77. The Labute approximate surface area is 126 Å². The van der Waals surface area contributed by atoms with Crippen molar-refractivity contribution in [1.82, 2.24) is 10.2 Å². The monoisotopic (exact) mass is 300 g/mol. The molecule has 0 unspecified atom stereocenters. The summed E-state index contributed by atoms with van der Waals surface area (Å²) >= 11 is 0. The van der Waals surface area contributed by atoms with E-state index in [1.807, 2.05) is 6.92 Å². The second kappa shape index (κ2) is 9.00. The van der Waals surface area contributed by atoms with Crippen molar-refractivity contribution in [1.29, 1.82) is 0 Å². The van der Waals surface area contributed by atoms with Crippen molar-refractivity contribution in [3.8, 4) is 0 Å². The Morgan fingerprint density at radius 1 is 1.33 bits per heavy atom. The SMILES string of the molecule is CCOCCC(=O)N[C@@H]1CN(CCC(=O)O)C[C@H]1C(C)C. The van der Waals surface area contributed by atoms with Gasteiger partial charge in [0.05, 0.1) is 13.0 Å². The van der Waals surface area contributed by atoms with E-state index in [0.29, 0.717) is 38.0 Å². The lowest BCUT2D eigenvalue weighted by atomic mass is 9.91. The topological polar surface area (TPSA) is 78.9 Å². The molecule has 0 aromatic rings. The van der Waals surface area contributed by atoms with E-state index in [9.17, 15) is 9.59 Å². The van der Waals surface area contributed by atoms with Crippen molar-refractivity contribution >= 4 is 11.9 Å². The number of carbonyl (C=O) groups is 2. The van der Waals surface area contributed by atoms with Crippen LogP contribution in [0.4, 0.5) is 0 Å². The molecule has 1 rings (SSSR count). The summed E-state index contributed by atoms with van der Waals surface area (Å²) in [6.07, 6.45) is 0.528. The van der Waals surface area contributed by atoms with Gasteiger partial charge in [-0.1, -0.05) is 13.8 Å². The normalized spacial score (nSPS) is 22.7. The number of carbonyl (C=O) groups excluding carboxylic acids is 1. The van der Waals surface area contributed by atoms with Crippen LogP contribution in [0.2, 0.25) is 0 Å². The molecule has 1 fully saturated rings. The van der Waals surface area contributed by atoms with E-state index in [1.165, 1.54) is 0 Å². The summed E-state index contributed by atoms with van der Waals surface area (Å²) in [7, 11) is 0. The quantitative estimate of drug-likeness (QED) is 0.620. The van der Waals surface area contributed by atoms with Gasteiger partial charge in [0.25, 0.3) is 0 Å². The molecule has 21 heavy (non-hydrogen) atoms. The highest BCUT2D eigenvalue weighted by Gasteiger charge is 2.35. The molecule has 0 bridgehead atoms. The Morgan fingerprint density at radius 3 is 2.62 bits per heavy atom. The number of carboxylic acids is 1. The predicted molar refractivity (Wildman–Crippen MR) is 80.1 cm³/mol. The summed E-state index contributed by atoms with van der Waals surface area (Å²) in [6.45, 7) is 9.39. The van der Waals surface area contributed by atoms with Crippen molar-refractivity contribution in [2.24, 2.45) is 11.8 Å². The third-order valence-electron chi connectivity index (χ3n) is 3.96. The molecule has 1 aliphatic heterocycles. The molecule has 0 radical (unpaired) electrons. The zero-order valence-corrected chi connectivity index (χ0v) is 13.3. The zero-order chi connectivity index (χ0) is 15.8. The molecule has 0 spiro atoms. The maximum atomic E-state index is 11.9. The number of hydrogen-bond donors (Lipinski definition) is 2. The number of rotatable bonds is 9. The van der Waals surface area contributed by atoms with Crippen LogP contribution in [0.1, 0.15) is 33.6 Å². The summed E-state index contributed by atoms with van der Waals surface area (Å²) in [6, 6.07) is 0.105. The third-order valence-corrected chi connectivity index (χ3v) is 3.96. The highest BCUT2D eigenvalue weighted by atomic mass is 16.5. The molecule has 0 aliphatic carbocycles. The maximum Gasteiger partial charge on any atom is 0.304 e. The molecule has 1 aliphatic rings. The van der Waals surface area contributed by atoms with Crippen molar-refractivity contribution in [3.05, 3.63) is 0 Å². The van der Waals surface area contributed by atoms with E-state index in [1.54, 1.807) is 0 Å². The van der Waals surface area contributed by atoms with Crippen molar-refractivity contribution in [2.45, 2.75) is 39.7 Å². The molecule has 1 amide bonds. The van der Waals surface area contributed by atoms with E-state index in [0.717, 1.165) is 13.1 Å². The van der Waals surface area contributed by atoms with Gasteiger partial charge in [0.15, 0.2) is 0 Å². The van der Waals surface area contributed by atoms with Crippen LogP contribution in [0.3, 0.4) is 0 Å². The Morgan fingerprint density at radius 2 is 2.05 bits per heavy atom. The van der Waals surface area contributed by atoms with Gasteiger partial charge in [-0.15, -0.1) is 0 Å². The summed E-state index contributed by atoms with van der Waals surface area (Å²) < 4.78 is 5.19. The Balaban J connectivity index is 2.45. The van der Waals surface area contributed by atoms with E-state index in [4.69, 9.17) is 9.84 Å². The molecule has 2 N–H and O–H groups in total. The fourth-order valence-corrected chi connectivity index (χ4v) is 2.77. The van der Waals surface area contributed by atoms with Crippen LogP contribution >= 0.6 is 0 Å². The average molecular weight is 300 g/mol. The van der Waals surface area contributed by atoms with Crippen LogP contribution in [-0.2, 0) is 14.3 Å². The van der Waals surface area contributed by atoms with E-state index in [-0.39, 0.29) is 18.4 Å². The first-order valence-electron chi connectivity index (χ1n) is 7.75. The number of carboxylic acid groups (broad SMARTS) is 1. The van der Waals surface area contributed by atoms with Gasteiger partial charge < -0.3 is 20.1 Å². The molecular formula is C15H28N2O4. The lowest BCUT2D eigenvalue weighted by Crippen LogP contribution is -2.42. The molecule has 2 atom stereocenters. The summed E-state index contributed by atoms with van der Waals surface area (Å²) in [5, 5.41) is 11.8. The van der Waals surface area contributed by atoms with Crippen LogP contribution < -0.4 is 5.32 Å². The van der Waals surface area contributed by atoms with Gasteiger partial charge in [0.2, 0.25) is 5.91 Å². The number of hydrogen-bond acceptors (Lipinski definition) is 4. The first-order valence-corrected chi connectivity index (χ1v) is 7.75. The lowest BCUT2D eigenvalue weighted by Gasteiger charge is -2.23. The minimum Gasteiger partial charge on any atom is -0.481 e. The largest absolute Gasteiger partial charge is 0.481 e. The standard InChI is InChI=1S/C15H28N2O4/c1-4-21-8-6-14(18)16-13-10-17(7-5-15(19)20)9-12(13)11(2)3/h11-13H,4-10H2,1-3H3,(H,16,18)(H,19,20)/t12-,13+/m0/s1. The molecular weight excluding hydrogens is 272 g/mol. The second-order valence-corrected chi connectivity index (χ2v) is 5.93. The molecule has 122 valence electrons. The first-order chi connectivity index (χ1) is 9.93. The summed E-state index contributed by atoms with van der Waals surface area (Å²) in [4.78, 5) is 24.7. The van der Waals surface area contributed by atoms with Crippen molar-refractivity contribution < 1.29 is 19.4 Å². The Hall–Kier alpha value is -1.14. The van der Waals surface area contributed by atoms with Crippen molar-refractivity contribution in [2.75, 3.05) is 32.8 Å². The molecule has 0 aromatic carbocycles. The molecule has 6 heteroatoms. The second-order valence-electron chi connectivity index (χ2n) is 5.93. The van der Waals surface area contributed by atoms with Crippen molar-refractivity contribution in [3.63, 3.8) is 0 Å². The molecule has 1 saturated heterocycles. The van der Waals surface area contributed by atoms with Gasteiger partial charge in [-0.3, -0.25) is 9.59 Å². The number of ether oxygens (including phenoxy) is 1. The number of nitrogens with zero attached hydrogens (tertiary/aromatic N) is 1.